The number of carbonyl (C=O) groups excluding carboxylic acids is 1. The van der Waals surface area contributed by atoms with E-state index in [1.54, 1.807) is 0 Å². The van der Waals surface area contributed by atoms with Gasteiger partial charge in [-0.05, 0) is 111 Å². The van der Waals surface area contributed by atoms with Gasteiger partial charge in [0, 0.05) is 6.42 Å². The van der Waals surface area contributed by atoms with Crippen molar-refractivity contribution < 1.29 is 4.79 Å². The Morgan fingerprint density at radius 1 is 0.962 bits per heavy atom. The average Bonchev–Trinajstić information content (AvgIpc) is 2.97. The first-order chi connectivity index (χ1) is 12.5. The highest BCUT2D eigenvalue weighted by molar-refractivity contribution is 5.94. The Morgan fingerprint density at radius 3 is 2.58 bits per heavy atom. The molecule has 0 spiro atoms. The van der Waals surface area contributed by atoms with Crippen LogP contribution in [-0.2, 0) is 4.79 Å². The van der Waals surface area contributed by atoms with Crippen LogP contribution in [0.2, 0.25) is 0 Å². The lowest BCUT2D eigenvalue weighted by Crippen LogP contribution is -2.52. The lowest BCUT2D eigenvalue weighted by molar-refractivity contribution is -0.115. The van der Waals surface area contributed by atoms with Crippen LogP contribution >= 0.6 is 0 Å². The standard InChI is InChI=1S/C25H38O/c1-4-20(26)10-7-9-19-12-14-22-21-13-11-18-8-5-6-16-24(18,2)23(21)15-17-25(19,22)3/h1,18-19,21-23H,5-17H2,2-3H3/t18-,19?,21?,22?,23?,24-,25+/m0/s1. The zero-order chi connectivity index (χ0) is 18.4. The summed E-state index contributed by atoms with van der Waals surface area (Å²) < 4.78 is 0. The molecular formula is C25H38O. The molecule has 0 N–H and O–H groups in total. The summed E-state index contributed by atoms with van der Waals surface area (Å²) in [5.41, 5.74) is 1.19. The van der Waals surface area contributed by atoms with E-state index in [0.29, 0.717) is 17.3 Å². The predicted octanol–water partition coefficient (Wildman–Crippen LogP) is 6.41. The molecule has 4 fully saturated rings. The van der Waals surface area contributed by atoms with Crippen molar-refractivity contribution in [1.82, 2.24) is 0 Å². The van der Waals surface area contributed by atoms with Crippen LogP contribution in [0.1, 0.15) is 97.3 Å². The Hall–Kier alpha value is -0.770. The summed E-state index contributed by atoms with van der Waals surface area (Å²) in [6.07, 6.45) is 22.8. The Balaban J connectivity index is 1.46. The Bertz CT molecular complexity index is 585. The predicted molar refractivity (Wildman–Crippen MR) is 108 cm³/mol. The molecule has 0 bridgehead atoms. The molecule has 0 aromatic rings. The van der Waals surface area contributed by atoms with E-state index in [1.165, 1.54) is 70.6 Å². The lowest BCUT2D eigenvalue weighted by Gasteiger charge is -2.60. The number of rotatable bonds is 4. The highest BCUT2D eigenvalue weighted by atomic mass is 16.1. The summed E-state index contributed by atoms with van der Waals surface area (Å²) in [7, 11) is 0. The second-order valence-electron chi connectivity index (χ2n) is 10.7. The Kier molecular flexibility index (Phi) is 5.00. The number of fused-ring (bicyclic) bond motifs is 5. The van der Waals surface area contributed by atoms with Crippen LogP contribution in [0.4, 0.5) is 0 Å². The zero-order valence-electron chi connectivity index (χ0n) is 17.1. The fourth-order valence-corrected chi connectivity index (χ4v) is 8.46. The molecule has 0 heterocycles. The second-order valence-corrected chi connectivity index (χ2v) is 10.7. The van der Waals surface area contributed by atoms with Gasteiger partial charge in [0.2, 0.25) is 5.78 Å². The zero-order valence-corrected chi connectivity index (χ0v) is 17.1. The summed E-state index contributed by atoms with van der Waals surface area (Å²) in [6.45, 7) is 5.29. The van der Waals surface area contributed by atoms with E-state index in [0.717, 1.165) is 36.0 Å². The molecule has 4 saturated carbocycles. The minimum Gasteiger partial charge on any atom is -0.285 e. The van der Waals surface area contributed by atoms with Gasteiger partial charge in [0.15, 0.2) is 0 Å². The number of ketones is 1. The third-order valence-electron chi connectivity index (χ3n) is 9.90. The number of carbonyl (C=O) groups is 1. The number of hydrogen-bond donors (Lipinski definition) is 0. The van der Waals surface area contributed by atoms with Crippen molar-refractivity contribution in [3.05, 3.63) is 0 Å². The van der Waals surface area contributed by atoms with Crippen LogP contribution in [0.15, 0.2) is 0 Å². The first-order valence-corrected chi connectivity index (χ1v) is 11.5. The molecule has 26 heavy (non-hydrogen) atoms. The molecule has 0 aliphatic heterocycles. The van der Waals surface area contributed by atoms with E-state index >= 15 is 0 Å². The average molecular weight is 355 g/mol. The molecule has 4 aliphatic carbocycles. The number of Topliss-reactive ketones (excluding diaryl/α,β-unsaturated/α-hetero) is 1. The maximum atomic E-state index is 11.5. The van der Waals surface area contributed by atoms with Crippen LogP contribution in [0, 0.1) is 52.8 Å². The van der Waals surface area contributed by atoms with Crippen LogP contribution in [0.5, 0.6) is 0 Å². The number of terminal acetylenes is 1. The van der Waals surface area contributed by atoms with E-state index in [9.17, 15) is 4.79 Å². The Morgan fingerprint density at radius 2 is 1.77 bits per heavy atom. The fraction of sp³-hybridized carbons (Fsp3) is 0.880. The minimum atomic E-state index is -0.00282. The molecule has 0 saturated heterocycles. The molecule has 1 nitrogen and oxygen atoms in total. The molecule has 7 atom stereocenters. The minimum absolute atomic E-state index is 0.00282. The monoisotopic (exact) mass is 354 g/mol. The highest BCUT2D eigenvalue weighted by Gasteiger charge is 2.59. The van der Waals surface area contributed by atoms with Crippen LogP contribution < -0.4 is 0 Å². The van der Waals surface area contributed by atoms with Crippen molar-refractivity contribution in [1.29, 1.82) is 0 Å². The van der Waals surface area contributed by atoms with Crippen LogP contribution in [0.3, 0.4) is 0 Å². The van der Waals surface area contributed by atoms with Crippen LogP contribution in [0.25, 0.3) is 0 Å². The van der Waals surface area contributed by atoms with Gasteiger partial charge in [-0.25, -0.2) is 0 Å². The van der Waals surface area contributed by atoms with E-state index in [1.807, 2.05) is 0 Å². The summed E-state index contributed by atoms with van der Waals surface area (Å²) in [6, 6.07) is 0. The van der Waals surface area contributed by atoms with Crippen molar-refractivity contribution >= 4 is 5.78 Å². The third kappa shape index (κ3) is 2.87. The maximum Gasteiger partial charge on any atom is 0.205 e. The van der Waals surface area contributed by atoms with Gasteiger partial charge in [-0.15, -0.1) is 6.42 Å². The van der Waals surface area contributed by atoms with Gasteiger partial charge in [0.05, 0.1) is 0 Å². The molecular weight excluding hydrogens is 316 g/mol. The van der Waals surface area contributed by atoms with Gasteiger partial charge in [-0.2, -0.15) is 0 Å². The van der Waals surface area contributed by atoms with Gasteiger partial charge in [0.1, 0.15) is 0 Å². The van der Waals surface area contributed by atoms with Crippen molar-refractivity contribution in [2.24, 2.45) is 40.4 Å². The summed E-state index contributed by atoms with van der Waals surface area (Å²) in [4.78, 5) is 11.5. The van der Waals surface area contributed by atoms with Gasteiger partial charge >= 0.3 is 0 Å². The first kappa shape index (κ1) is 18.6. The molecule has 0 amide bonds. The molecule has 4 aliphatic rings. The van der Waals surface area contributed by atoms with Gasteiger partial charge in [-0.3, -0.25) is 4.79 Å². The lowest BCUT2D eigenvalue weighted by atomic mass is 9.45. The topological polar surface area (TPSA) is 17.1 Å². The van der Waals surface area contributed by atoms with E-state index in [4.69, 9.17) is 6.42 Å². The quantitative estimate of drug-likeness (QED) is 0.421. The van der Waals surface area contributed by atoms with E-state index in [-0.39, 0.29) is 5.78 Å². The van der Waals surface area contributed by atoms with Crippen molar-refractivity contribution in [3.8, 4) is 12.3 Å². The summed E-state index contributed by atoms with van der Waals surface area (Å²) >= 11 is 0. The van der Waals surface area contributed by atoms with E-state index < -0.39 is 0 Å². The normalized spacial score (nSPS) is 47.3. The Labute approximate surface area is 161 Å². The highest BCUT2D eigenvalue weighted by Crippen LogP contribution is 2.67. The van der Waals surface area contributed by atoms with E-state index in [2.05, 4.69) is 19.8 Å². The smallest absolute Gasteiger partial charge is 0.205 e. The third-order valence-corrected chi connectivity index (χ3v) is 9.90. The van der Waals surface area contributed by atoms with Gasteiger partial charge in [0.25, 0.3) is 0 Å². The SMILES string of the molecule is C#CC(=O)CCCC1CCC2C3CC[C@@H]4CCCC[C@]4(C)C3CC[C@]12C. The molecule has 0 aromatic heterocycles. The molecule has 4 unspecified atom stereocenters. The largest absolute Gasteiger partial charge is 0.285 e. The first-order valence-electron chi connectivity index (χ1n) is 11.5. The summed E-state index contributed by atoms with van der Waals surface area (Å²) in [5.74, 6) is 7.08. The molecule has 0 radical (unpaired) electrons. The maximum absolute atomic E-state index is 11.5. The summed E-state index contributed by atoms with van der Waals surface area (Å²) in [5, 5.41) is 0. The molecule has 4 rings (SSSR count). The van der Waals surface area contributed by atoms with Crippen molar-refractivity contribution in [3.63, 3.8) is 0 Å². The van der Waals surface area contributed by atoms with Gasteiger partial charge < -0.3 is 0 Å². The van der Waals surface area contributed by atoms with Crippen molar-refractivity contribution in [2.45, 2.75) is 97.3 Å². The van der Waals surface area contributed by atoms with Gasteiger partial charge in [-0.1, -0.05) is 26.7 Å². The second kappa shape index (κ2) is 7.00. The number of hydrogen-bond acceptors (Lipinski definition) is 1. The molecule has 1 heteroatoms. The fourth-order valence-electron chi connectivity index (χ4n) is 8.46. The molecule has 0 aromatic carbocycles. The molecule has 144 valence electrons. The van der Waals surface area contributed by atoms with Crippen LogP contribution in [-0.4, -0.2) is 5.78 Å². The van der Waals surface area contributed by atoms with Crippen molar-refractivity contribution in [2.75, 3.05) is 0 Å².